The zero-order valence-electron chi connectivity index (χ0n) is 13.8. The fourth-order valence-corrected chi connectivity index (χ4v) is 2.69. The van der Waals surface area contributed by atoms with E-state index in [1.54, 1.807) is 12.1 Å². The van der Waals surface area contributed by atoms with E-state index in [9.17, 15) is 19.2 Å². The first-order valence-corrected chi connectivity index (χ1v) is 7.99. The van der Waals surface area contributed by atoms with E-state index in [0.29, 0.717) is 12.8 Å². The SMILES string of the molecule is C[C@H](NC(=O)[C@H](CCCCO)N1C(=O)c2ccccc2C1=O)C(=O)O. The molecule has 2 atom stereocenters. The topological polar surface area (TPSA) is 124 Å². The van der Waals surface area contributed by atoms with Crippen LogP contribution in [0.5, 0.6) is 0 Å². The highest BCUT2D eigenvalue weighted by molar-refractivity contribution is 6.22. The lowest BCUT2D eigenvalue weighted by molar-refractivity contribution is -0.141. The van der Waals surface area contributed by atoms with Crippen LogP contribution in [0.15, 0.2) is 24.3 Å². The van der Waals surface area contributed by atoms with Gasteiger partial charge in [0.25, 0.3) is 11.8 Å². The standard InChI is InChI=1S/C17H20N2O6/c1-10(17(24)25)18-14(21)13(8-4-5-9-20)19-15(22)11-6-2-3-7-12(11)16(19)23/h2-3,6-7,10,13,20H,4-5,8-9H2,1H3,(H,18,21)(H,24,25)/t10-,13-/m0/s1. The minimum atomic E-state index is -1.22. The molecule has 1 heterocycles. The number of aliphatic hydroxyl groups excluding tert-OH is 1. The molecule has 0 saturated carbocycles. The number of hydrogen-bond acceptors (Lipinski definition) is 5. The summed E-state index contributed by atoms with van der Waals surface area (Å²) in [5, 5.41) is 20.2. The molecular weight excluding hydrogens is 328 g/mol. The molecule has 0 fully saturated rings. The van der Waals surface area contributed by atoms with Gasteiger partial charge in [0.05, 0.1) is 11.1 Å². The summed E-state index contributed by atoms with van der Waals surface area (Å²) in [6, 6.07) is 4.00. The van der Waals surface area contributed by atoms with E-state index in [2.05, 4.69) is 5.32 Å². The summed E-state index contributed by atoms with van der Waals surface area (Å²) in [6.45, 7) is 1.22. The van der Waals surface area contributed by atoms with Crippen molar-refractivity contribution in [1.29, 1.82) is 0 Å². The summed E-state index contributed by atoms with van der Waals surface area (Å²) < 4.78 is 0. The van der Waals surface area contributed by atoms with Crippen molar-refractivity contribution in [1.82, 2.24) is 10.2 Å². The Labute approximate surface area is 144 Å². The maximum atomic E-state index is 12.6. The van der Waals surface area contributed by atoms with Crippen LogP contribution in [-0.4, -0.2) is 57.5 Å². The van der Waals surface area contributed by atoms with Crippen molar-refractivity contribution in [3.8, 4) is 0 Å². The van der Waals surface area contributed by atoms with Gasteiger partial charge in [0.2, 0.25) is 5.91 Å². The highest BCUT2D eigenvalue weighted by Crippen LogP contribution is 2.26. The first-order chi connectivity index (χ1) is 11.9. The smallest absolute Gasteiger partial charge is 0.325 e. The van der Waals surface area contributed by atoms with Gasteiger partial charge in [-0.05, 0) is 38.3 Å². The Balaban J connectivity index is 2.26. The molecule has 2 rings (SSSR count). The van der Waals surface area contributed by atoms with Crippen LogP contribution in [0, 0.1) is 0 Å². The van der Waals surface area contributed by atoms with Crippen LogP contribution in [0.25, 0.3) is 0 Å². The summed E-state index contributed by atoms with van der Waals surface area (Å²) >= 11 is 0. The second kappa shape index (κ2) is 7.89. The number of carbonyl (C=O) groups excluding carboxylic acids is 3. The number of aliphatic carboxylic acids is 1. The fourth-order valence-electron chi connectivity index (χ4n) is 2.69. The minimum absolute atomic E-state index is 0.0814. The van der Waals surface area contributed by atoms with Crippen LogP contribution in [0.3, 0.4) is 0 Å². The van der Waals surface area contributed by atoms with Gasteiger partial charge < -0.3 is 15.5 Å². The molecule has 0 aliphatic carbocycles. The number of imide groups is 1. The molecule has 0 bridgehead atoms. The third kappa shape index (κ3) is 3.85. The predicted molar refractivity (Wildman–Crippen MR) is 86.9 cm³/mol. The molecule has 0 saturated heterocycles. The van der Waals surface area contributed by atoms with Crippen LogP contribution in [0.4, 0.5) is 0 Å². The van der Waals surface area contributed by atoms with Crippen molar-refractivity contribution in [2.24, 2.45) is 0 Å². The van der Waals surface area contributed by atoms with Gasteiger partial charge in [0.1, 0.15) is 12.1 Å². The van der Waals surface area contributed by atoms with Gasteiger partial charge in [-0.3, -0.25) is 24.1 Å². The van der Waals surface area contributed by atoms with E-state index in [0.717, 1.165) is 4.90 Å². The number of rotatable bonds is 8. The van der Waals surface area contributed by atoms with E-state index in [4.69, 9.17) is 10.2 Å². The van der Waals surface area contributed by atoms with E-state index in [1.807, 2.05) is 0 Å². The predicted octanol–water partition coefficient (Wildman–Crippen LogP) is 0.403. The molecule has 1 aromatic rings. The first kappa shape index (κ1) is 18.6. The molecule has 3 N–H and O–H groups in total. The Bertz CT molecular complexity index is 667. The van der Waals surface area contributed by atoms with Gasteiger partial charge in [-0.1, -0.05) is 12.1 Å². The van der Waals surface area contributed by atoms with Crippen LogP contribution in [0.1, 0.15) is 46.9 Å². The zero-order valence-corrected chi connectivity index (χ0v) is 13.8. The summed E-state index contributed by atoms with van der Waals surface area (Å²) in [4.78, 5) is 49.5. The molecule has 8 nitrogen and oxygen atoms in total. The lowest BCUT2D eigenvalue weighted by Gasteiger charge is -2.26. The number of nitrogens with one attached hydrogen (secondary N) is 1. The number of nitrogens with zero attached hydrogens (tertiary/aromatic N) is 1. The molecule has 134 valence electrons. The van der Waals surface area contributed by atoms with Crippen molar-refractivity contribution < 1.29 is 29.4 Å². The van der Waals surface area contributed by atoms with E-state index < -0.39 is 35.8 Å². The van der Waals surface area contributed by atoms with Crippen LogP contribution < -0.4 is 5.32 Å². The Morgan fingerprint density at radius 3 is 2.16 bits per heavy atom. The summed E-state index contributed by atoms with van der Waals surface area (Å²) in [6.07, 6.45) is 0.953. The maximum absolute atomic E-state index is 12.6. The molecule has 0 radical (unpaired) electrons. The molecular formula is C17H20N2O6. The van der Waals surface area contributed by atoms with Crippen molar-refractivity contribution in [3.63, 3.8) is 0 Å². The zero-order chi connectivity index (χ0) is 18.6. The average Bonchev–Trinajstić information content (AvgIpc) is 2.83. The molecule has 0 spiro atoms. The lowest BCUT2D eigenvalue weighted by atomic mass is 10.1. The van der Waals surface area contributed by atoms with E-state index in [-0.39, 0.29) is 24.2 Å². The van der Waals surface area contributed by atoms with Crippen molar-refractivity contribution in [2.75, 3.05) is 6.61 Å². The Hall–Kier alpha value is -2.74. The van der Waals surface area contributed by atoms with Gasteiger partial charge in [-0.2, -0.15) is 0 Å². The van der Waals surface area contributed by atoms with Crippen LogP contribution in [0.2, 0.25) is 0 Å². The molecule has 3 amide bonds. The van der Waals surface area contributed by atoms with Crippen molar-refractivity contribution in [3.05, 3.63) is 35.4 Å². The number of fused-ring (bicyclic) bond motifs is 1. The lowest BCUT2D eigenvalue weighted by Crippen LogP contribution is -2.52. The summed E-state index contributed by atoms with van der Waals surface area (Å²) in [5.41, 5.74) is 0.442. The van der Waals surface area contributed by atoms with Gasteiger partial charge in [0, 0.05) is 6.61 Å². The first-order valence-electron chi connectivity index (χ1n) is 7.99. The molecule has 0 unspecified atom stereocenters. The van der Waals surface area contributed by atoms with Crippen LogP contribution in [-0.2, 0) is 9.59 Å². The molecule has 1 aliphatic heterocycles. The quantitative estimate of drug-likeness (QED) is 0.461. The number of carbonyl (C=O) groups is 4. The Kier molecular flexibility index (Phi) is 5.87. The number of hydrogen-bond donors (Lipinski definition) is 3. The monoisotopic (exact) mass is 348 g/mol. The molecule has 8 heteroatoms. The third-order valence-electron chi connectivity index (χ3n) is 4.05. The van der Waals surface area contributed by atoms with Crippen molar-refractivity contribution >= 4 is 23.7 Å². The van der Waals surface area contributed by atoms with Crippen molar-refractivity contribution in [2.45, 2.75) is 38.3 Å². The summed E-state index contributed by atoms with van der Waals surface area (Å²) in [7, 11) is 0. The van der Waals surface area contributed by atoms with E-state index in [1.165, 1.54) is 19.1 Å². The van der Waals surface area contributed by atoms with Gasteiger partial charge >= 0.3 is 5.97 Å². The maximum Gasteiger partial charge on any atom is 0.325 e. The normalized spacial score (nSPS) is 15.7. The largest absolute Gasteiger partial charge is 0.480 e. The number of benzene rings is 1. The fraction of sp³-hybridized carbons (Fsp3) is 0.412. The van der Waals surface area contributed by atoms with Crippen LogP contribution >= 0.6 is 0 Å². The molecule has 25 heavy (non-hydrogen) atoms. The summed E-state index contributed by atoms with van der Waals surface area (Å²) in [5.74, 6) is -3.08. The average molecular weight is 348 g/mol. The van der Waals surface area contributed by atoms with Gasteiger partial charge in [0.15, 0.2) is 0 Å². The second-order valence-corrected chi connectivity index (χ2v) is 5.83. The minimum Gasteiger partial charge on any atom is -0.480 e. The highest BCUT2D eigenvalue weighted by Gasteiger charge is 2.42. The number of unbranched alkanes of at least 4 members (excludes halogenated alkanes) is 1. The molecule has 1 aromatic carbocycles. The number of aliphatic hydroxyl groups is 1. The van der Waals surface area contributed by atoms with Gasteiger partial charge in [-0.25, -0.2) is 0 Å². The highest BCUT2D eigenvalue weighted by atomic mass is 16.4. The Morgan fingerprint density at radius 2 is 1.68 bits per heavy atom. The Morgan fingerprint density at radius 1 is 1.12 bits per heavy atom. The number of carboxylic acids is 1. The third-order valence-corrected chi connectivity index (χ3v) is 4.05. The van der Waals surface area contributed by atoms with Gasteiger partial charge in [-0.15, -0.1) is 0 Å². The molecule has 0 aromatic heterocycles. The number of amides is 3. The molecule has 1 aliphatic rings. The number of carboxylic acid groups (broad SMARTS) is 1. The second-order valence-electron chi connectivity index (χ2n) is 5.83. The van der Waals surface area contributed by atoms with E-state index >= 15 is 0 Å².